The van der Waals surface area contributed by atoms with Gasteiger partial charge in [-0.3, -0.25) is 9.79 Å². The lowest BCUT2D eigenvalue weighted by molar-refractivity contribution is -0.123. The molecule has 0 saturated carbocycles. The van der Waals surface area contributed by atoms with Gasteiger partial charge in [0.1, 0.15) is 11.5 Å². The van der Waals surface area contributed by atoms with Gasteiger partial charge in [-0.05, 0) is 19.1 Å². The molecule has 0 saturated heterocycles. The van der Waals surface area contributed by atoms with Gasteiger partial charge in [0, 0.05) is 44.2 Å². The number of rotatable bonds is 9. The largest absolute Gasteiger partial charge is 0.497 e. The Kier molecular flexibility index (Phi) is 9.33. The van der Waals surface area contributed by atoms with Crippen molar-refractivity contribution in [3.8, 4) is 11.5 Å². The summed E-state index contributed by atoms with van der Waals surface area (Å²) in [6, 6.07) is 5.77. The molecule has 0 spiro atoms. The maximum Gasteiger partial charge on any atom is 0.222 e. The third-order valence-corrected chi connectivity index (χ3v) is 3.80. The maximum atomic E-state index is 11.6. The van der Waals surface area contributed by atoms with Gasteiger partial charge in [0.15, 0.2) is 5.96 Å². The number of aliphatic imine (C=N–C) groups is 1. The zero-order chi connectivity index (χ0) is 19.5. The molecule has 0 atom stereocenters. The van der Waals surface area contributed by atoms with Gasteiger partial charge in [0.05, 0.1) is 20.8 Å². The van der Waals surface area contributed by atoms with E-state index < -0.39 is 0 Å². The first-order chi connectivity index (χ1) is 12.4. The van der Waals surface area contributed by atoms with Gasteiger partial charge in [-0.15, -0.1) is 0 Å². The highest BCUT2D eigenvalue weighted by atomic mass is 16.5. The summed E-state index contributed by atoms with van der Waals surface area (Å²) in [7, 11) is 5.25. The summed E-state index contributed by atoms with van der Waals surface area (Å²) in [6.07, 6.45) is 0. The molecule has 1 aromatic carbocycles. The standard InChI is InChI=1S/C19H32N4O3/c1-7-20-19(22-11-10-21-18(24)14(2)3)23(4)13-15-8-9-16(25-5)12-17(15)26-6/h8-9,12,14H,7,10-11,13H2,1-6H3,(H,20,22)(H,21,24). The van der Waals surface area contributed by atoms with Crippen LogP contribution in [0.3, 0.4) is 0 Å². The minimum absolute atomic E-state index is 0.0163. The lowest BCUT2D eigenvalue weighted by Crippen LogP contribution is -2.39. The van der Waals surface area contributed by atoms with Crippen molar-refractivity contribution in [1.82, 2.24) is 15.5 Å². The third-order valence-electron chi connectivity index (χ3n) is 3.80. The Morgan fingerprint density at radius 3 is 2.54 bits per heavy atom. The van der Waals surface area contributed by atoms with Crippen LogP contribution in [0.1, 0.15) is 26.3 Å². The van der Waals surface area contributed by atoms with E-state index in [-0.39, 0.29) is 11.8 Å². The predicted molar refractivity (Wildman–Crippen MR) is 105 cm³/mol. The zero-order valence-electron chi connectivity index (χ0n) is 16.8. The van der Waals surface area contributed by atoms with Gasteiger partial charge >= 0.3 is 0 Å². The average Bonchev–Trinajstić information content (AvgIpc) is 2.63. The predicted octanol–water partition coefficient (Wildman–Crippen LogP) is 1.87. The highest BCUT2D eigenvalue weighted by molar-refractivity contribution is 5.80. The summed E-state index contributed by atoms with van der Waals surface area (Å²) in [5, 5.41) is 6.14. The van der Waals surface area contributed by atoms with Crippen molar-refractivity contribution >= 4 is 11.9 Å². The summed E-state index contributed by atoms with van der Waals surface area (Å²) >= 11 is 0. The molecular weight excluding hydrogens is 332 g/mol. The second-order valence-electron chi connectivity index (χ2n) is 6.22. The molecule has 0 aliphatic rings. The highest BCUT2D eigenvalue weighted by Crippen LogP contribution is 2.25. The smallest absolute Gasteiger partial charge is 0.222 e. The summed E-state index contributed by atoms with van der Waals surface area (Å²) in [6.45, 7) is 8.21. The van der Waals surface area contributed by atoms with Crippen LogP contribution < -0.4 is 20.1 Å². The normalized spacial score (nSPS) is 11.3. The molecule has 0 unspecified atom stereocenters. The van der Waals surface area contributed by atoms with Gasteiger partial charge in [0.25, 0.3) is 0 Å². The molecule has 0 heterocycles. The lowest BCUT2D eigenvalue weighted by atomic mass is 10.2. The number of nitrogens with one attached hydrogen (secondary N) is 2. The fraction of sp³-hybridized carbons (Fsp3) is 0.579. The van der Waals surface area contributed by atoms with Gasteiger partial charge in [-0.25, -0.2) is 0 Å². The van der Waals surface area contributed by atoms with Crippen LogP contribution in [-0.2, 0) is 11.3 Å². The number of benzene rings is 1. The van der Waals surface area contributed by atoms with Crippen molar-refractivity contribution in [2.75, 3.05) is 40.9 Å². The van der Waals surface area contributed by atoms with Crippen LogP contribution in [0.25, 0.3) is 0 Å². The molecule has 0 radical (unpaired) electrons. The highest BCUT2D eigenvalue weighted by Gasteiger charge is 2.11. The molecule has 0 fully saturated rings. The molecule has 0 aliphatic carbocycles. The molecular formula is C19H32N4O3. The molecule has 1 rings (SSSR count). The Hall–Kier alpha value is -2.44. The van der Waals surface area contributed by atoms with Crippen LogP contribution in [0.5, 0.6) is 11.5 Å². The van der Waals surface area contributed by atoms with Crippen molar-refractivity contribution in [2.45, 2.75) is 27.3 Å². The quantitative estimate of drug-likeness (QED) is 0.397. The van der Waals surface area contributed by atoms with E-state index in [0.29, 0.717) is 19.6 Å². The summed E-state index contributed by atoms with van der Waals surface area (Å²) in [5.41, 5.74) is 1.04. The molecule has 1 amide bonds. The number of ether oxygens (including phenoxy) is 2. The summed E-state index contributed by atoms with van der Waals surface area (Å²) in [4.78, 5) is 18.2. The zero-order valence-corrected chi connectivity index (χ0v) is 16.8. The fourth-order valence-electron chi connectivity index (χ4n) is 2.33. The third kappa shape index (κ3) is 6.82. The molecule has 0 aromatic heterocycles. The molecule has 1 aromatic rings. The Labute approximate surface area is 156 Å². The SMILES string of the molecule is CCNC(=NCCNC(=O)C(C)C)N(C)Cc1ccc(OC)cc1OC. The van der Waals surface area contributed by atoms with E-state index in [2.05, 4.69) is 15.6 Å². The van der Waals surface area contributed by atoms with Crippen molar-refractivity contribution in [2.24, 2.45) is 10.9 Å². The Balaban J connectivity index is 2.74. The Morgan fingerprint density at radius 2 is 1.96 bits per heavy atom. The van der Waals surface area contributed by atoms with Crippen molar-refractivity contribution in [1.29, 1.82) is 0 Å². The molecule has 7 heteroatoms. The molecule has 26 heavy (non-hydrogen) atoms. The van der Waals surface area contributed by atoms with Crippen LogP contribution in [-0.4, -0.2) is 57.7 Å². The molecule has 2 N–H and O–H groups in total. The number of nitrogens with zero attached hydrogens (tertiary/aromatic N) is 2. The summed E-state index contributed by atoms with van der Waals surface area (Å²) < 4.78 is 10.7. The number of guanidine groups is 1. The summed E-state index contributed by atoms with van der Waals surface area (Å²) in [5.74, 6) is 2.34. The minimum Gasteiger partial charge on any atom is -0.497 e. The van der Waals surface area contributed by atoms with Gasteiger partial charge in [-0.1, -0.05) is 13.8 Å². The number of carbonyl (C=O) groups is 1. The first-order valence-corrected chi connectivity index (χ1v) is 8.90. The molecule has 146 valence electrons. The Bertz CT molecular complexity index is 602. The number of amides is 1. The number of hydrogen-bond donors (Lipinski definition) is 2. The topological polar surface area (TPSA) is 75.2 Å². The number of carbonyl (C=O) groups excluding carboxylic acids is 1. The fourth-order valence-corrected chi connectivity index (χ4v) is 2.33. The molecule has 0 aliphatic heterocycles. The van der Waals surface area contributed by atoms with E-state index in [1.807, 2.05) is 50.9 Å². The second kappa shape index (κ2) is 11.2. The van der Waals surface area contributed by atoms with Crippen molar-refractivity contribution < 1.29 is 14.3 Å². The van der Waals surface area contributed by atoms with E-state index in [0.717, 1.165) is 29.6 Å². The van der Waals surface area contributed by atoms with Gasteiger partial charge in [-0.2, -0.15) is 0 Å². The van der Waals surface area contributed by atoms with Crippen LogP contribution >= 0.6 is 0 Å². The maximum absolute atomic E-state index is 11.6. The monoisotopic (exact) mass is 364 g/mol. The van der Waals surface area contributed by atoms with Crippen LogP contribution in [0.4, 0.5) is 0 Å². The molecule has 7 nitrogen and oxygen atoms in total. The van der Waals surface area contributed by atoms with E-state index in [1.54, 1.807) is 14.2 Å². The lowest BCUT2D eigenvalue weighted by Gasteiger charge is -2.23. The molecule has 0 bridgehead atoms. The van der Waals surface area contributed by atoms with Crippen molar-refractivity contribution in [3.63, 3.8) is 0 Å². The van der Waals surface area contributed by atoms with E-state index in [4.69, 9.17) is 9.47 Å². The second-order valence-corrected chi connectivity index (χ2v) is 6.22. The van der Waals surface area contributed by atoms with Crippen LogP contribution in [0, 0.1) is 5.92 Å². The van der Waals surface area contributed by atoms with E-state index in [9.17, 15) is 4.79 Å². The van der Waals surface area contributed by atoms with Crippen LogP contribution in [0.15, 0.2) is 23.2 Å². The number of hydrogen-bond acceptors (Lipinski definition) is 4. The van der Waals surface area contributed by atoms with Gasteiger partial charge < -0.3 is 25.0 Å². The Morgan fingerprint density at radius 1 is 1.23 bits per heavy atom. The van der Waals surface area contributed by atoms with Crippen LogP contribution in [0.2, 0.25) is 0 Å². The number of methoxy groups -OCH3 is 2. The first kappa shape index (κ1) is 21.6. The minimum atomic E-state index is -0.0163. The van der Waals surface area contributed by atoms with Crippen molar-refractivity contribution in [3.05, 3.63) is 23.8 Å². The van der Waals surface area contributed by atoms with Gasteiger partial charge in [0.2, 0.25) is 5.91 Å². The van der Waals surface area contributed by atoms with E-state index >= 15 is 0 Å². The first-order valence-electron chi connectivity index (χ1n) is 8.90. The average molecular weight is 364 g/mol. The van der Waals surface area contributed by atoms with E-state index in [1.165, 1.54) is 0 Å².